The predicted molar refractivity (Wildman–Crippen MR) is 84.6 cm³/mol. The number of rotatable bonds is 6. The molecule has 0 heterocycles. The van der Waals surface area contributed by atoms with Crippen LogP contribution >= 0.6 is 0 Å². The van der Waals surface area contributed by atoms with Crippen molar-refractivity contribution in [2.24, 2.45) is 23.2 Å². The Bertz CT molecular complexity index is 671. The van der Waals surface area contributed by atoms with Crippen molar-refractivity contribution in [2.45, 2.75) is 44.9 Å². The predicted octanol–water partition coefficient (Wildman–Crippen LogP) is 3.84. The fourth-order valence-electron chi connectivity index (χ4n) is 3.78. The van der Waals surface area contributed by atoms with E-state index in [0.29, 0.717) is 6.42 Å². The van der Waals surface area contributed by atoms with Gasteiger partial charge < -0.3 is 0 Å². The molecule has 1 atom stereocenters. The topological polar surface area (TPSA) is 95.2 Å². The van der Waals surface area contributed by atoms with Gasteiger partial charge in [0.15, 0.2) is 5.41 Å². The summed E-state index contributed by atoms with van der Waals surface area (Å²) in [6, 6.07) is 5.82. The van der Waals surface area contributed by atoms with Crippen molar-refractivity contribution in [3.63, 3.8) is 0 Å². The molecule has 1 unspecified atom stereocenters. The Labute approximate surface area is 137 Å². The molecule has 0 aromatic rings. The lowest BCUT2D eigenvalue weighted by Gasteiger charge is -2.21. The monoisotopic (exact) mass is 303 g/mol. The smallest absolute Gasteiger partial charge is 0.193 e. The average Bonchev–Trinajstić information content (AvgIpc) is 3.50. The molecular weight excluding hydrogens is 284 g/mol. The van der Waals surface area contributed by atoms with Gasteiger partial charge in [0.2, 0.25) is 0 Å². The van der Waals surface area contributed by atoms with Crippen LogP contribution in [-0.2, 0) is 0 Å². The molecule has 114 valence electrons. The molecule has 0 amide bonds. The normalized spacial score (nSPS) is 23.0. The lowest BCUT2D eigenvalue weighted by Crippen LogP contribution is -2.27. The molecule has 4 heteroatoms. The first-order valence-electron chi connectivity index (χ1n) is 8.26. The van der Waals surface area contributed by atoms with Gasteiger partial charge >= 0.3 is 0 Å². The third-order valence-corrected chi connectivity index (χ3v) is 5.39. The summed E-state index contributed by atoms with van der Waals surface area (Å²) in [5.41, 5.74) is -0.420. The quantitative estimate of drug-likeness (QED) is 0.349. The van der Waals surface area contributed by atoms with Crippen LogP contribution in [0.2, 0.25) is 0 Å². The number of nitrogens with one attached hydrogen (secondary N) is 1. The van der Waals surface area contributed by atoms with Crippen LogP contribution in [0.5, 0.6) is 0 Å². The van der Waals surface area contributed by atoms with Gasteiger partial charge in [-0.3, -0.25) is 5.41 Å². The van der Waals surface area contributed by atoms with Gasteiger partial charge in [0.25, 0.3) is 0 Å². The van der Waals surface area contributed by atoms with Crippen LogP contribution < -0.4 is 0 Å². The lowest BCUT2D eigenvalue weighted by atomic mass is 9.72. The SMILES string of the molecule is N#CC(=C=N)C(C#N)(C#N)C1C=C(C[C+](C2CC2)C2CC2)CC1. The second-order valence-corrected chi connectivity index (χ2v) is 6.91. The standard InChI is InChI=1S/C19H19N4/c20-9-17(10-21)19(11-22,12-23)16-6-1-13(7-16)8-18(14-2-3-14)15-4-5-15/h7,14-16,20H,1-6,8H2/q+1. The fraction of sp³-hybridized carbons (Fsp3) is 0.579. The van der Waals surface area contributed by atoms with E-state index in [-0.39, 0.29) is 11.5 Å². The number of allylic oxidation sites excluding steroid dienone is 3. The van der Waals surface area contributed by atoms with E-state index in [9.17, 15) is 10.5 Å². The van der Waals surface area contributed by atoms with Gasteiger partial charge in [0.05, 0.1) is 12.1 Å². The Morgan fingerprint density at radius 3 is 2.17 bits per heavy atom. The molecule has 2 saturated carbocycles. The Morgan fingerprint density at radius 1 is 1.13 bits per heavy atom. The maximum absolute atomic E-state index is 9.53. The summed E-state index contributed by atoms with van der Waals surface area (Å²) in [7, 11) is 0. The maximum Gasteiger partial charge on any atom is 0.193 e. The summed E-state index contributed by atoms with van der Waals surface area (Å²) in [5.74, 6) is 4.99. The summed E-state index contributed by atoms with van der Waals surface area (Å²) in [6.07, 6.45) is 9.90. The molecule has 0 aromatic heterocycles. The minimum atomic E-state index is -1.56. The fourth-order valence-corrected chi connectivity index (χ4v) is 3.78. The molecule has 0 bridgehead atoms. The van der Waals surface area contributed by atoms with Crippen LogP contribution in [0.25, 0.3) is 0 Å². The molecule has 0 radical (unpaired) electrons. The molecule has 2 fully saturated rings. The van der Waals surface area contributed by atoms with Crippen molar-refractivity contribution >= 4 is 5.87 Å². The van der Waals surface area contributed by atoms with Crippen LogP contribution in [0.15, 0.2) is 17.2 Å². The first-order valence-corrected chi connectivity index (χ1v) is 8.26. The highest BCUT2D eigenvalue weighted by Crippen LogP contribution is 2.54. The van der Waals surface area contributed by atoms with Crippen molar-refractivity contribution < 1.29 is 0 Å². The number of hydrogen-bond acceptors (Lipinski definition) is 4. The van der Waals surface area contributed by atoms with E-state index in [1.165, 1.54) is 31.3 Å². The molecule has 4 nitrogen and oxygen atoms in total. The van der Waals surface area contributed by atoms with Gasteiger partial charge in [-0.15, -0.1) is 0 Å². The first-order chi connectivity index (χ1) is 11.2. The van der Waals surface area contributed by atoms with Gasteiger partial charge in [-0.25, -0.2) is 0 Å². The van der Waals surface area contributed by atoms with E-state index < -0.39 is 5.41 Å². The van der Waals surface area contributed by atoms with Gasteiger partial charge in [0.1, 0.15) is 35.8 Å². The van der Waals surface area contributed by atoms with Crippen molar-refractivity contribution in [2.75, 3.05) is 0 Å². The molecule has 3 aliphatic rings. The zero-order valence-corrected chi connectivity index (χ0v) is 13.1. The Balaban J connectivity index is 1.80. The summed E-state index contributed by atoms with van der Waals surface area (Å²) in [4.78, 5) is 0. The molecule has 0 spiro atoms. The highest BCUT2D eigenvalue weighted by atomic mass is 14.5. The third kappa shape index (κ3) is 2.77. The van der Waals surface area contributed by atoms with Crippen molar-refractivity contribution in [3.8, 4) is 18.2 Å². The van der Waals surface area contributed by atoms with Crippen LogP contribution in [-0.4, -0.2) is 5.87 Å². The van der Waals surface area contributed by atoms with Crippen molar-refractivity contribution in [1.82, 2.24) is 0 Å². The van der Waals surface area contributed by atoms with E-state index in [1.54, 1.807) is 5.92 Å². The molecule has 23 heavy (non-hydrogen) atoms. The lowest BCUT2D eigenvalue weighted by molar-refractivity contribution is 0.447. The summed E-state index contributed by atoms with van der Waals surface area (Å²) in [5, 5.41) is 35.5. The zero-order valence-electron chi connectivity index (χ0n) is 13.1. The van der Waals surface area contributed by atoms with E-state index in [1.807, 2.05) is 30.2 Å². The Hall–Kier alpha value is -2.47. The second kappa shape index (κ2) is 5.96. The minimum absolute atomic E-state index is 0.168. The highest BCUT2D eigenvalue weighted by molar-refractivity contribution is 5.67. The molecule has 3 rings (SSSR count). The van der Waals surface area contributed by atoms with E-state index >= 15 is 0 Å². The maximum atomic E-state index is 9.53. The van der Waals surface area contributed by atoms with Gasteiger partial charge in [-0.05, 0) is 50.0 Å². The molecule has 0 saturated heterocycles. The third-order valence-electron chi connectivity index (χ3n) is 5.39. The van der Waals surface area contributed by atoms with Gasteiger partial charge in [-0.1, -0.05) is 6.08 Å². The first kappa shape index (κ1) is 15.4. The van der Waals surface area contributed by atoms with E-state index in [0.717, 1.165) is 24.7 Å². The summed E-state index contributed by atoms with van der Waals surface area (Å²) in [6.45, 7) is 0. The van der Waals surface area contributed by atoms with Crippen LogP contribution in [0.3, 0.4) is 0 Å². The zero-order chi connectivity index (χ0) is 16.4. The average molecular weight is 303 g/mol. The van der Waals surface area contributed by atoms with E-state index in [2.05, 4.69) is 0 Å². The van der Waals surface area contributed by atoms with Crippen LogP contribution in [0.4, 0.5) is 0 Å². The van der Waals surface area contributed by atoms with Gasteiger partial charge in [-0.2, -0.15) is 15.8 Å². The summed E-state index contributed by atoms with van der Waals surface area (Å²) < 4.78 is 0. The van der Waals surface area contributed by atoms with Gasteiger partial charge in [0, 0.05) is 5.92 Å². The van der Waals surface area contributed by atoms with Crippen LogP contribution in [0.1, 0.15) is 44.9 Å². The molecule has 0 aliphatic heterocycles. The second-order valence-electron chi connectivity index (χ2n) is 6.91. The summed E-state index contributed by atoms with van der Waals surface area (Å²) >= 11 is 0. The van der Waals surface area contributed by atoms with Crippen molar-refractivity contribution in [1.29, 1.82) is 21.2 Å². The Morgan fingerprint density at radius 2 is 1.74 bits per heavy atom. The van der Waals surface area contributed by atoms with Crippen molar-refractivity contribution in [3.05, 3.63) is 23.1 Å². The molecule has 1 N–H and O–H groups in total. The number of nitriles is 3. The molecule has 3 aliphatic carbocycles. The number of hydrogen-bond donors (Lipinski definition) is 1. The number of nitrogens with zero attached hydrogens (tertiary/aromatic N) is 3. The van der Waals surface area contributed by atoms with Crippen LogP contribution in [0, 0.1) is 68.5 Å². The minimum Gasteiger partial charge on any atom is -0.258 e. The molecule has 0 aromatic carbocycles. The Kier molecular flexibility index (Phi) is 4.00. The molecular formula is C19H19N4+. The largest absolute Gasteiger partial charge is 0.258 e. The highest BCUT2D eigenvalue weighted by Gasteiger charge is 2.52. The van der Waals surface area contributed by atoms with E-state index in [4.69, 9.17) is 10.7 Å².